The van der Waals surface area contributed by atoms with Gasteiger partial charge in [0, 0.05) is 0 Å². The number of nitrogens with zero attached hydrogens (tertiary/aromatic N) is 1. The second-order valence-electron chi connectivity index (χ2n) is 2.30. The van der Waals surface area contributed by atoms with Gasteiger partial charge in [-0.05, 0) is 0 Å². The molecule has 0 unspecified atom stereocenters. The molecule has 1 aromatic heterocycles. The van der Waals surface area contributed by atoms with Crippen molar-refractivity contribution in [1.29, 1.82) is 0 Å². The quantitative estimate of drug-likeness (QED) is 0.589. The van der Waals surface area contributed by atoms with E-state index in [0.29, 0.717) is 0 Å². The molecular weight excluding hydrogens is 244 g/mol. The Morgan fingerprint density at radius 3 is 3.00 bits per heavy atom. The first-order chi connectivity index (χ1) is 5.77. The number of hydrogen-bond donors (Lipinski definition) is 0. The molecule has 61 valence electrons. The van der Waals surface area contributed by atoms with E-state index in [9.17, 15) is 0 Å². The average molecular weight is 253 g/mol. The Hall–Kier alpha value is 0.226. The monoisotopic (exact) mass is 252 g/mol. The van der Waals surface area contributed by atoms with Gasteiger partial charge in [0.2, 0.25) is 0 Å². The van der Waals surface area contributed by atoms with Crippen molar-refractivity contribution in [3.05, 3.63) is 29.6 Å². The van der Waals surface area contributed by atoms with Crippen LogP contribution in [0.2, 0.25) is 0 Å². The van der Waals surface area contributed by atoms with Crippen molar-refractivity contribution in [3.8, 4) is 0 Å². The Kier molecular flexibility index (Phi) is 4.35. The van der Waals surface area contributed by atoms with Crippen LogP contribution in [0.4, 0.5) is 0 Å². The summed E-state index contributed by atoms with van der Waals surface area (Å²) < 4.78 is 0.922. The molecule has 0 amide bonds. The molecule has 0 saturated carbocycles. The first-order valence-electron chi connectivity index (χ1n) is 3.70. The number of aromatic nitrogens is 1. The van der Waals surface area contributed by atoms with Crippen molar-refractivity contribution in [2.45, 2.75) is 13.3 Å². The summed E-state index contributed by atoms with van der Waals surface area (Å²) in [5.74, 6) is 0. The molecule has 0 fully saturated rings. The van der Waals surface area contributed by atoms with E-state index in [4.69, 9.17) is 12.2 Å². The van der Waals surface area contributed by atoms with Crippen LogP contribution in [0.3, 0.4) is 0 Å². The average Bonchev–Trinajstić information content (AvgIpc) is 2.17. The molecule has 0 aromatic carbocycles. The van der Waals surface area contributed by atoms with E-state index >= 15 is 0 Å². The third kappa shape index (κ3) is 2.62. The van der Waals surface area contributed by atoms with Crippen LogP contribution >= 0.6 is 21.9 Å². The number of rotatable bonds is 2. The second kappa shape index (κ2) is 5.06. The van der Waals surface area contributed by atoms with Gasteiger partial charge in [-0.15, -0.1) is 0 Å². The number of aryl methyl sites for hydroxylation is 1. The van der Waals surface area contributed by atoms with E-state index < -0.39 is 0 Å². The van der Waals surface area contributed by atoms with Gasteiger partial charge in [0.05, 0.1) is 0 Å². The molecule has 4 heteroatoms. The van der Waals surface area contributed by atoms with Gasteiger partial charge in [-0.25, -0.2) is 0 Å². The standard InChI is InChI=1S/C8H9NS2.Ga.H/c1-2-6-4-3-5-7(9-6)8(10)11;;/h3-5H,2H2,1H3,(H,10,11);;/q;+1;/p-1. The molecule has 1 radical (unpaired) electrons. The predicted octanol–water partition coefficient (Wildman–Crippen LogP) is 1.87. The number of thiocarbonyl (C=S) groups is 1. The molecule has 1 heterocycles. The summed E-state index contributed by atoms with van der Waals surface area (Å²) in [5.41, 5.74) is 2.07. The Morgan fingerprint density at radius 2 is 2.42 bits per heavy atom. The fraction of sp³-hybridized carbons (Fsp3) is 0.250. The van der Waals surface area contributed by atoms with Crippen molar-refractivity contribution in [2.24, 2.45) is 0 Å². The van der Waals surface area contributed by atoms with Crippen LogP contribution in [0.5, 0.6) is 0 Å². The zero-order chi connectivity index (χ0) is 8.97. The SMILES string of the molecule is CCc1cccc(C(=S)[S][GaH])n1. The van der Waals surface area contributed by atoms with Gasteiger partial charge in [-0.1, -0.05) is 0 Å². The molecule has 0 atom stereocenters. The molecule has 0 bridgehead atoms. The fourth-order valence-corrected chi connectivity index (χ4v) is 2.17. The molecule has 1 rings (SSSR count). The molecule has 1 aromatic rings. The maximum atomic E-state index is 5.16. The summed E-state index contributed by atoms with van der Waals surface area (Å²) in [6.45, 7) is 2.10. The summed E-state index contributed by atoms with van der Waals surface area (Å²) in [6, 6.07) is 6.02. The summed E-state index contributed by atoms with van der Waals surface area (Å²) in [4.78, 5) is 4.42. The molecule has 0 aliphatic heterocycles. The summed E-state index contributed by atoms with van der Waals surface area (Å²) in [5, 5.41) is 0. The zero-order valence-electron chi connectivity index (χ0n) is 6.91. The summed E-state index contributed by atoms with van der Waals surface area (Å²) in [7, 11) is 1.69. The number of pyridine rings is 1. The van der Waals surface area contributed by atoms with Crippen molar-refractivity contribution < 1.29 is 0 Å². The van der Waals surface area contributed by atoms with Gasteiger partial charge in [-0.3, -0.25) is 0 Å². The molecular formula is C8H9GaNS2. The van der Waals surface area contributed by atoms with Crippen LogP contribution in [0.25, 0.3) is 0 Å². The van der Waals surface area contributed by atoms with E-state index in [1.165, 1.54) is 0 Å². The van der Waals surface area contributed by atoms with Crippen LogP contribution in [-0.2, 0) is 6.42 Å². The van der Waals surface area contributed by atoms with Crippen molar-refractivity contribution in [3.63, 3.8) is 0 Å². The molecule has 1 nitrogen and oxygen atoms in total. The third-order valence-electron chi connectivity index (χ3n) is 1.51. The molecule has 0 N–H and O–H groups in total. The van der Waals surface area contributed by atoms with E-state index in [0.717, 1.165) is 39.4 Å². The van der Waals surface area contributed by atoms with Gasteiger partial charge in [0.15, 0.2) is 0 Å². The topological polar surface area (TPSA) is 12.9 Å². The fourth-order valence-electron chi connectivity index (χ4n) is 0.864. The molecule has 0 aliphatic rings. The Labute approximate surface area is 91.1 Å². The van der Waals surface area contributed by atoms with Crippen molar-refractivity contribution >= 4 is 43.5 Å². The third-order valence-corrected chi connectivity index (χ3v) is 5.68. The van der Waals surface area contributed by atoms with Crippen molar-refractivity contribution in [2.75, 3.05) is 0 Å². The molecule has 12 heavy (non-hydrogen) atoms. The van der Waals surface area contributed by atoms with Gasteiger partial charge < -0.3 is 0 Å². The van der Waals surface area contributed by atoms with Crippen LogP contribution in [0, 0.1) is 0 Å². The van der Waals surface area contributed by atoms with Crippen LogP contribution < -0.4 is 0 Å². The summed E-state index contributed by atoms with van der Waals surface area (Å²) >= 11 is 6.30. The molecule has 0 saturated heterocycles. The molecule has 0 aliphatic carbocycles. The normalized spacial score (nSPS) is 9.75. The van der Waals surface area contributed by atoms with E-state index in [1.54, 1.807) is 9.70 Å². The second-order valence-corrected chi connectivity index (χ2v) is 5.48. The van der Waals surface area contributed by atoms with Gasteiger partial charge >= 0.3 is 91.4 Å². The van der Waals surface area contributed by atoms with E-state index in [2.05, 4.69) is 11.9 Å². The van der Waals surface area contributed by atoms with Gasteiger partial charge in [-0.2, -0.15) is 0 Å². The van der Waals surface area contributed by atoms with Crippen LogP contribution in [0.15, 0.2) is 18.2 Å². The maximum absolute atomic E-state index is 5.16. The zero-order valence-corrected chi connectivity index (χ0v) is 11.5. The minimum absolute atomic E-state index is 0.922. The first-order valence-corrected chi connectivity index (χ1v) is 8.73. The number of hydrogen-bond acceptors (Lipinski definition) is 3. The van der Waals surface area contributed by atoms with Gasteiger partial charge in [0.25, 0.3) is 0 Å². The van der Waals surface area contributed by atoms with E-state index in [-0.39, 0.29) is 0 Å². The Morgan fingerprint density at radius 1 is 1.67 bits per heavy atom. The first kappa shape index (κ1) is 10.3. The Bertz CT molecular complexity index is 288. The van der Waals surface area contributed by atoms with Crippen LogP contribution in [-0.4, -0.2) is 26.6 Å². The summed E-state index contributed by atoms with van der Waals surface area (Å²) in [6.07, 6.45) is 0.973. The van der Waals surface area contributed by atoms with E-state index in [1.807, 2.05) is 18.2 Å². The molecule has 0 spiro atoms. The Balaban J connectivity index is 2.93. The predicted molar refractivity (Wildman–Crippen MR) is 60.1 cm³/mol. The van der Waals surface area contributed by atoms with Crippen LogP contribution in [0.1, 0.15) is 18.3 Å². The minimum atomic E-state index is 0.922. The van der Waals surface area contributed by atoms with Gasteiger partial charge in [0.1, 0.15) is 0 Å². The van der Waals surface area contributed by atoms with Crippen molar-refractivity contribution in [1.82, 2.24) is 4.98 Å².